The minimum Gasteiger partial charge on any atom is -0.454 e. The summed E-state index contributed by atoms with van der Waals surface area (Å²) < 4.78 is 5.05. The molecular formula is C23H28N2O4. The summed E-state index contributed by atoms with van der Waals surface area (Å²) in [6, 6.07) is 13.7. The van der Waals surface area contributed by atoms with Gasteiger partial charge in [0.1, 0.15) is 6.54 Å². The third-order valence-corrected chi connectivity index (χ3v) is 5.24. The number of rotatable bonds is 6. The summed E-state index contributed by atoms with van der Waals surface area (Å²) >= 11 is 0. The number of likely N-dealkylation sites (tertiary alicyclic amines) is 1. The molecule has 3 rings (SSSR count). The minimum atomic E-state index is -0.609. The molecule has 2 amide bonds. The third-order valence-electron chi connectivity index (χ3n) is 5.24. The van der Waals surface area contributed by atoms with Crippen molar-refractivity contribution in [3.05, 3.63) is 48.0 Å². The van der Waals surface area contributed by atoms with Crippen LogP contribution in [0.25, 0.3) is 10.8 Å². The van der Waals surface area contributed by atoms with Gasteiger partial charge in [0, 0.05) is 13.1 Å². The first-order chi connectivity index (χ1) is 13.9. The maximum absolute atomic E-state index is 12.3. The first-order valence-electron chi connectivity index (χ1n) is 10.1. The average Bonchev–Trinajstić information content (AvgIpc) is 2.70. The molecule has 29 heavy (non-hydrogen) atoms. The van der Waals surface area contributed by atoms with Crippen LogP contribution in [-0.4, -0.2) is 48.9 Å². The molecule has 154 valence electrons. The van der Waals surface area contributed by atoms with E-state index in [9.17, 15) is 14.4 Å². The van der Waals surface area contributed by atoms with Gasteiger partial charge in [0.2, 0.25) is 5.91 Å². The van der Waals surface area contributed by atoms with E-state index in [-0.39, 0.29) is 31.4 Å². The quantitative estimate of drug-likeness (QED) is 0.762. The summed E-state index contributed by atoms with van der Waals surface area (Å²) in [7, 11) is 0. The van der Waals surface area contributed by atoms with E-state index >= 15 is 0 Å². The maximum atomic E-state index is 12.3. The summed E-state index contributed by atoms with van der Waals surface area (Å²) in [5, 5.41) is 4.66. The Morgan fingerprint density at radius 1 is 1.03 bits per heavy atom. The summed E-state index contributed by atoms with van der Waals surface area (Å²) in [6.07, 6.45) is 1.28. The van der Waals surface area contributed by atoms with E-state index in [1.165, 1.54) is 0 Å². The Kier molecular flexibility index (Phi) is 6.86. The molecule has 0 bridgehead atoms. The summed E-state index contributed by atoms with van der Waals surface area (Å²) in [6.45, 7) is 5.10. The van der Waals surface area contributed by atoms with Gasteiger partial charge in [-0.1, -0.05) is 56.3 Å². The molecule has 1 aliphatic rings. The normalized spacial score (nSPS) is 19.0. The highest BCUT2D eigenvalue weighted by Crippen LogP contribution is 2.21. The van der Waals surface area contributed by atoms with E-state index in [1.807, 2.05) is 42.5 Å². The number of benzene rings is 2. The third kappa shape index (κ3) is 5.79. The number of nitrogens with one attached hydrogen (secondary N) is 1. The van der Waals surface area contributed by atoms with Crippen LogP contribution in [0.2, 0.25) is 0 Å². The second-order valence-electron chi connectivity index (χ2n) is 8.00. The van der Waals surface area contributed by atoms with Crippen molar-refractivity contribution in [1.29, 1.82) is 0 Å². The Morgan fingerprint density at radius 2 is 1.72 bits per heavy atom. The number of hydrogen-bond acceptors (Lipinski definition) is 4. The fourth-order valence-electron chi connectivity index (χ4n) is 4.00. The zero-order chi connectivity index (χ0) is 20.8. The van der Waals surface area contributed by atoms with Crippen molar-refractivity contribution in [2.24, 2.45) is 11.8 Å². The molecule has 1 aliphatic heterocycles. The summed E-state index contributed by atoms with van der Waals surface area (Å²) in [4.78, 5) is 38.2. The molecule has 2 aromatic rings. The first kappa shape index (κ1) is 20.8. The Hall–Kier alpha value is -2.89. The lowest BCUT2D eigenvalue weighted by atomic mass is 9.92. The zero-order valence-electron chi connectivity index (χ0n) is 17.0. The Balaban J connectivity index is 1.43. The molecule has 1 N–H and O–H groups in total. The van der Waals surface area contributed by atoms with Crippen LogP contribution in [0, 0.1) is 11.8 Å². The SMILES string of the molecule is C[C@@H]1C[C@H](C)CN(C(=O)COC(=O)CNC(=O)Cc2cccc3ccccc23)C1. The molecule has 0 spiro atoms. The van der Waals surface area contributed by atoms with Crippen LogP contribution in [0.15, 0.2) is 42.5 Å². The smallest absolute Gasteiger partial charge is 0.325 e. The van der Waals surface area contributed by atoms with Gasteiger partial charge in [-0.05, 0) is 34.6 Å². The predicted molar refractivity (Wildman–Crippen MR) is 111 cm³/mol. The van der Waals surface area contributed by atoms with Gasteiger partial charge in [0.25, 0.3) is 5.91 Å². The molecular weight excluding hydrogens is 368 g/mol. The van der Waals surface area contributed by atoms with Crippen molar-refractivity contribution in [3.63, 3.8) is 0 Å². The van der Waals surface area contributed by atoms with Crippen LogP contribution in [0.5, 0.6) is 0 Å². The fraction of sp³-hybridized carbons (Fsp3) is 0.435. The van der Waals surface area contributed by atoms with Gasteiger partial charge in [-0.3, -0.25) is 14.4 Å². The topological polar surface area (TPSA) is 75.7 Å². The highest BCUT2D eigenvalue weighted by atomic mass is 16.5. The molecule has 0 radical (unpaired) electrons. The molecule has 0 saturated carbocycles. The van der Waals surface area contributed by atoms with E-state index in [4.69, 9.17) is 4.74 Å². The van der Waals surface area contributed by atoms with Crippen molar-refractivity contribution >= 4 is 28.6 Å². The molecule has 6 nitrogen and oxygen atoms in total. The minimum absolute atomic E-state index is 0.178. The molecule has 1 heterocycles. The van der Waals surface area contributed by atoms with Crippen LogP contribution in [0.4, 0.5) is 0 Å². The molecule has 2 aromatic carbocycles. The Morgan fingerprint density at radius 3 is 2.48 bits per heavy atom. The predicted octanol–water partition coefficient (Wildman–Crippen LogP) is 2.55. The molecule has 1 saturated heterocycles. The second-order valence-corrected chi connectivity index (χ2v) is 8.00. The standard InChI is InChI=1S/C23H28N2O4/c1-16-10-17(2)14-25(13-16)22(27)15-29-23(28)12-24-21(26)11-19-8-5-7-18-6-3-4-9-20(18)19/h3-9,16-17H,10-15H2,1-2H3,(H,24,26)/t16-,17+. The maximum Gasteiger partial charge on any atom is 0.325 e. The van der Waals surface area contributed by atoms with Crippen LogP contribution in [-0.2, 0) is 25.5 Å². The molecule has 1 fully saturated rings. The number of ether oxygens (including phenoxy) is 1. The second kappa shape index (κ2) is 9.54. The zero-order valence-corrected chi connectivity index (χ0v) is 17.0. The van der Waals surface area contributed by atoms with Gasteiger partial charge >= 0.3 is 5.97 Å². The van der Waals surface area contributed by atoms with Crippen molar-refractivity contribution in [2.45, 2.75) is 26.7 Å². The Bertz CT molecular complexity index is 880. The van der Waals surface area contributed by atoms with E-state index in [1.54, 1.807) is 4.90 Å². The van der Waals surface area contributed by atoms with Crippen molar-refractivity contribution in [3.8, 4) is 0 Å². The fourth-order valence-corrected chi connectivity index (χ4v) is 4.00. The Labute approximate surface area is 171 Å². The highest BCUT2D eigenvalue weighted by molar-refractivity contribution is 5.91. The van der Waals surface area contributed by atoms with Gasteiger partial charge < -0.3 is 15.0 Å². The molecule has 6 heteroatoms. The largest absolute Gasteiger partial charge is 0.454 e. The van der Waals surface area contributed by atoms with Gasteiger partial charge in [-0.2, -0.15) is 0 Å². The highest BCUT2D eigenvalue weighted by Gasteiger charge is 2.25. The first-order valence-corrected chi connectivity index (χ1v) is 10.1. The van der Waals surface area contributed by atoms with Crippen LogP contribution >= 0.6 is 0 Å². The van der Waals surface area contributed by atoms with Crippen LogP contribution in [0.3, 0.4) is 0 Å². The number of fused-ring (bicyclic) bond motifs is 1. The van der Waals surface area contributed by atoms with E-state index in [0.29, 0.717) is 24.9 Å². The van der Waals surface area contributed by atoms with Gasteiger partial charge in [-0.25, -0.2) is 0 Å². The van der Waals surface area contributed by atoms with E-state index in [0.717, 1.165) is 22.8 Å². The lowest BCUT2D eigenvalue weighted by Crippen LogP contribution is -2.44. The number of nitrogens with zero attached hydrogens (tertiary/aromatic N) is 1. The molecule has 0 aliphatic carbocycles. The number of hydrogen-bond donors (Lipinski definition) is 1. The lowest BCUT2D eigenvalue weighted by molar-refractivity contribution is -0.152. The molecule has 0 aromatic heterocycles. The van der Waals surface area contributed by atoms with Gasteiger partial charge in [0.05, 0.1) is 6.42 Å². The van der Waals surface area contributed by atoms with Crippen molar-refractivity contribution in [1.82, 2.24) is 10.2 Å². The number of carbonyl (C=O) groups excluding carboxylic acids is 3. The number of piperidine rings is 1. The summed E-state index contributed by atoms with van der Waals surface area (Å²) in [5.41, 5.74) is 0.900. The van der Waals surface area contributed by atoms with Crippen molar-refractivity contribution < 1.29 is 19.1 Å². The number of amides is 2. The van der Waals surface area contributed by atoms with Gasteiger partial charge in [-0.15, -0.1) is 0 Å². The van der Waals surface area contributed by atoms with E-state index in [2.05, 4.69) is 19.2 Å². The van der Waals surface area contributed by atoms with Crippen LogP contribution < -0.4 is 5.32 Å². The van der Waals surface area contributed by atoms with E-state index < -0.39 is 5.97 Å². The number of esters is 1. The average molecular weight is 396 g/mol. The van der Waals surface area contributed by atoms with Crippen molar-refractivity contribution in [2.75, 3.05) is 26.2 Å². The van der Waals surface area contributed by atoms with Crippen LogP contribution in [0.1, 0.15) is 25.8 Å². The lowest BCUT2D eigenvalue weighted by Gasteiger charge is -2.34. The van der Waals surface area contributed by atoms with Gasteiger partial charge in [0.15, 0.2) is 6.61 Å². The molecule has 0 unspecified atom stereocenters. The number of carbonyl (C=O) groups is 3. The monoisotopic (exact) mass is 396 g/mol. The molecule has 2 atom stereocenters. The summed E-state index contributed by atoms with van der Waals surface area (Å²) in [5.74, 6) is -0.150.